The van der Waals surface area contributed by atoms with E-state index in [1.165, 1.54) is 11.1 Å². The van der Waals surface area contributed by atoms with Crippen LogP contribution in [0.2, 0.25) is 0 Å². The van der Waals surface area contributed by atoms with Crippen LogP contribution in [0.1, 0.15) is 29.5 Å². The van der Waals surface area contributed by atoms with Crippen LogP contribution in [0.5, 0.6) is 5.75 Å². The van der Waals surface area contributed by atoms with Gasteiger partial charge in [0, 0.05) is 26.2 Å². The molecule has 4 rings (SSSR count). The number of oxazole rings is 1. The van der Waals surface area contributed by atoms with Gasteiger partial charge in [-0.05, 0) is 38.5 Å². The molecule has 2 heterocycles. The molecule has 0 bridgehead atoms. The lowest BCUT2D eigenvalue weighted by Gasteiger charge is -2.34. The van der Waals surface area contributed by atoms with Gasteiger partial charge in [-0.2, -0.15) is 0 Å². The molecule has 1 aliphatic rings. The van der Waals surface area contributed by atoms with E-state index >= 15 is 0 Å². The van der Waals surface area contributed by atoms with Gasteiger partial charge in [-0.15, -0.1) is 0 Å². The van der Waals surface area contributed by atoms with Gasteiger partial charge in [0.2, 0.25) is 11.8 Å². The molecule has 0 radical (unpaired) electrons. The van der Waals surface area contributed by atoms with Crippen molar-refractivity contribution in [1.82, 2.24) is 14.8 Å². The van der Waals surface area contributed by atoms with Crippen molar-refractivity contribution >= 4 is 5.91 Å². The van der Waals surface area contributed by atoms with Crippen molar-refractivity contribution in [3.63, 3.8) is 0 Å². The maximum atomic E-state index is 12.7. The lowest BCUT2D eigenvalue weighted by atomic mass is 10.1. The van der Waals surface area contributed by atoms with E-state index in [9.17, 15) is 4.79 Å². The second kappa shape index (κ2) is 9.35. The van der Waals surface area contributed by atoms with Gasteiger partial charge in [0.25, 0.3) is 0 Å². The fraction of sp³-hybridized carbons (Fsp3) is 0.360. The summed E-state index contributed by atoms with van der Waals surface area (Å²) in [5, 5.41) is 0. The van der Waals surface area contributed by atoms with Crippen LogP contribution in [0.15, 0.2) is 52.9 Å². The van der Waals surface area contributed by atoms with Crippen molar-refractivity contribution in [2.45, 2.75) is 33.9 Å². The zero-order valence-corrected chi connectivity index (χ0v) is 18.4. The first-order valence-corrected chi connectivity index (χ1v) is 10.8. The van der Waals surface area contributed by atoms with E-state index in [-0.39, 0.29) is 5.91 Å². The summed E-state index contributed by atoms with van der Waals surface area (Å²) in [7, 11) is 0. The average molecular weight is 420 g/mol. The molecule has 162 valence electrons. The molecule has 1 aromatic heterocycles. The molecule has 2 aromatic carbocycles. The Morgan fingerprint density at radius 3 is 2.68 bits per heavy atom. The summed E-state index contributed by atoms with van der Waals surface area (Å²) in [6.45, 7) is 9.71. The van der Waals surface area contributed by atoms with E-state index in [1.807, 2.05) is 49.1 Å². The molecule has 3 aromatic rings. The van der Waals surface area contributed by atoms with Gasteiger partial charge >= 0.3 is 0 Å². The Morgan fingerprint density at radius 1 is 1.06 bits per heavy atom. The van der Waals surface area contributed by atoms with Crippen LogP contribution in [0.4, 0.5) is 0 Å². The second-order valence-corrected chi connectivity index (χ2v) is 7.97. The molecule has 1 amide bonds. The molecule has 1 aliphatic heterocycles. The van der Waals surface area contributed by atoms with Crippen molar-refractivity contribution < 1.29 is 13.9 Å². The third-order valence-electron chi connectivity index (χ3n) is 5.54. The molecule has 0 atom stereocenters. The van der Waals surface area contributed by atoms with Crippen LogP contribution in [-0.2, 0) is 17.9 Å². The minimum absolute atomic E-state index is 0.149. The molecule has 1 saturated heterocycles. The molecule has 0 N–H and O–H groups in total. The molecule has 6 nitrogen and oxygen atoms in total. The molecule has 0 aliphatic carbocycles. The number of nitrogens with zero attached hydrogens (tertiary/aromatic N) is 3. The zero-order chi connectivity index (χ0) is 21.8. The zero-order valence-electron chi connectivity index (χ0n) is 18.4. The van der Waals surface area contributed by atoms with E-state index < -0.39 is 0 Å². The van der Waals surface area contributed by atoms with Gasteiger partial charge in [-0.25, -0.2) is 4.98 Å². The van der Waals surface area contributed by atoms with Gasteiger partial charge in [-0.3, -0.25) is 9.69 Å². The van der Waals surface area contributed by atoms with E-state index in [4.69, 9.17) is 14.1 Å². The highest BCUT2D eigenvalue weighted by Gasteiger charge is 2.26. The summed E-state index contributed by atoms with van der Waals surface area (Å²) in [6, 6.07) is 16.1. The predicted molar refractivity (Wildman–Crippen MR) is 120 cm³/mol. The number of carbonyl (C=O) groups excluding carboxylic acids is 1. The van der Waals surface area contributed by atoms with Gasteiger partial charge in [-0.1, -0.05) is 42.0 Å². The van der Waals surface area contributed by atoms with Crippen molar-refractivity contribution in [3.8, 4) is 17.2 Å². The number of para-hydroxylation sites is 1. The van der Waals surface area contributed by atoms with E-state index in [2.05, 4.69) is 30.0 Å². The molecule has 0 unspecified atom stereocenters. The number of aromatic nitrogens is 1. The molecule has 1 fully saturated rings. The number of hydrogen-bond donors (Lipinski definition) is 0. The van der Waals surface area contributed by atoms with Crippen LogP contribution >= 0.6 is 0 Å². The first kappa shape index (κ1) is 21.1. The molecule has 0 saturated carbocycles. The normalized spacial score (nSPS) is 14.8. The Balaban J connectivity index is 1.41. The van der Waals surface area contributed by atoms with Crippen molar-refractivity contribution in [2.24, 2.45) is 0 Å². The van der Waals surface area contributed by atoms with Gasteiger partial charge in [0.1, 0.15) is 11.5 Å². The summed E-state index contributed by atoms with van der Waals surface area (Å²) < 4.78 is 11.7. The van der Waals surface area contributed by atoms with Crippen LogP contribution in [0, 0.1) is 13.8 Å². The summed E-state index contributed by atoms with van der Waals surface area (Å²) in [6.07, 6.45) is 0. The number of benzene rings is 2. The summed E-state index contributed by atoms with van der Waals surface area (Å²) in [5.41, 5.74) is 4.09. The van der Waals surface area contributed by atoms with Crippen LogP contribution in [0.25, 0.3) is 11.5 Å². The highest BCUT2D eigenvalue weighted by atomic mass is 16.5. The monoisotopic (exact) mass is 419 g/mol. The summed E-state index contributed by atoms with van der Waals surface area (Å²) in [4.78, 5) is 21.5. The van der Waals surface area contributed by atoms with Crippen LogP contribution in [-0.4, -0.2) is 46.9 Å². The fourth-order valence-electron chi connectivity index (χ4n) is 3.92. The predicted octanol–water partition coefficient (Wildman–Crippen LogP) is 4.20. The lowest BCUT2D eigenvalue weighted by Crippen LogP contribution is -2.49. The van der Waals surface area contributed by atoms with E-state index in [0.29, 0.717) is 38.7 Å². The molecular formula is C25H29N3O3. The number of aryl methyl sites for hydroxylation is 2. The number of hydrogen-bond acceptors (Lipinski definition) is 5. The van der Waals surface area contributed by atoms with Crippen LogP contribution in [0.3, 0.4) is 0 Å². The second-order valence-electron chi connectivity index (χ2n) is 7.97. The Kier molecular flexibility index (Phi) is 6.37. The summed E-state index contributed by atoms with van der Waals surface area (Å²) >= 11 is 0. The Labute approximate surface area is 183 Å². The number of rotatable bonds is 7. The molecule has 31 heavy (non-hydrogen) atoms. The minimum Gasteiger partial charge on any atom is -0.493 e. The first-order valence-electron chi connectivity index (χ1n) is 10.8. The van der Waals surface area contributed by atoms with E-state index in [1.54, 1.807) is 0 Å². The maximum Gasteiger partial charge on any atom is 0.237 e. The maximum absolute atomic E-state index is 12.7. The number of ether oxygens (including phenoxy) is 1. The van der Waals surface area contributed by atoms with E-state index in [0.717, 1.165) is 29.3 Å². The Hall–Kier alpha value is -3.12. The highest BCUT2D eigenvalue weighted by molar-refractivity contribution is 5.79. The average Bonchev–Trinajstić information content (AvgIpc) is 3.11. The van der Waals surface area contributed by atoms with Gasteiger partial charge in [0.15, 0.2) is 0 Å². The van der Waals surface area contributed by atoms with Crippen LogP contribution < -0.4 is 4.74 Å². The Morgan fingerprint density at radius 2 is 1.90 bits per heavy atom. The fourth-order valence-corrected chi connectivity index (χ4v) is 3.92. The van der Waals surface area contributed by atoms with Crippen molar-refractivity contribution in [2.75, 3.05) is 26.2 Å². The highest BCUT2D eigenvalue weighted by Crippen LogP contribution is 2.31. The lowest BCUT2D eigenvalue weighted by molar-refractivity contribution is -0.136. The molecule has 0 spiro atoms. The third kappa shape index (κ3) is 4.97. The standard InChI is InChI=1S/C25H29N3O3/c1-4-30-23-11-6-5-10-21(23)25-26-22(19(3)31-25)16-27-12-13-28(24(29)17-27)15-20-9-7-8-18(2)14-20/h5-11,14H,4,12-13,15-17H2,1-3H3. The smallest absolute Gasteiger partial charge is 0.237 e. The number of carbonyl (C=O) groups is 1. The molecular weight excluding hydrogens is 390 g/mol. The van der Waals surface area contributed by atoms with Gasteiger partial charge in [0.05, 0.1) is 24.4 Å². The molecule has 6 heteroatoms. The topological polar surface area (TPSA) is 58.8 Å². The number of piperazine rings is 1. The third-order valence-corrected chi connectivity index (χ3v) is 5.54. The largest absolute Gasteiger partial charge is 0.493 e. The SMILES string of the molecule is CCOc1ccccc1-c1nc(CN2CCN(Cc3cccc(C)c3)C(=O)C2)c(C)o1. The minimum atomic E-state index is 0.149. The van der Waals surface area contributed by atoms with Gasteiger partial charge < -0.3 is 14.1 Å². The summed E-state index contributed by atoms with van der Waals surface area (Å²) in [5.74, 6) is 2.24. The first-order chi connectivity index (χ1) is 15.0. The van der Waals surface area contributed by atoms with Crippen molar-refractivity contribution in [3.05, 3.63) is 71.1 Å². The van der Waals surface area contributed by atoms with Crippen molar-refractivity contribution in [1.29, 1.82) is 0 Å². The number of amides is 1. The Bertz CT molecular complexity index is 1060. The quantitative estimate of drug-likeness (QED) is 0.574.